The molecule has 5 nitrogen and oxygen atoms in total. The van der Waals surface area contributed by atoms with Crippen molar-refractivity contribution in [3.63, 3.8) is 0 Å². The minimum absolute atomic E-state index is 0.00665. The Balaban J connectivity index is 1.60. The van der Waals surface area contributed by atoms with Gasteiger partial charge in [-0.1, -0.05) is 0 Å². The van der Waals surface area contributed by atoms with Crippen molar-refractivity contribution in [2.75, 3.05) is 36.5 Å². The van der Waals surface area contributed by atoms with Gasteiger partial charge in [0.15, 0.2) is 11.6 Å². The van der Waals surface area contributed by atoms with Gasteiger partial charge in [0.2, 0.25) is 0 Å². The van der Waals surface area contributed by atoms with E-state index in [1.54, 1.807) is 4.90 Å². The van der Waals surface area contributed by atoms with Crippen molar-refractivity contribution >= 4 is 17.4 Å². The lowest BCUT2D eigenvalue weighted by atomic mass is 10.2. The second-order valence-corrected chi connectivity index (χ2v) is 5.95. The zero-order valence-corrected chi connectivity index (χ0v) is 12.9. The van der Waals surface area contributed by atoms with Gasteiger partial charge in [-0.05, 0) is 37.8 Å². The molecule has 2 aliphatic rings. The van der Waals surface area contributed by atoms with Crippen LogP contribution in [0.5, 0.6) is 0 Å². The van der Waals surface area contributed by atoms with Crippen molar-refractivity contribution in [3.05, 3.63) is 23.8 Å². The van der Waals surface area contributed by atoms with Crippen LogP contribution in [-0.2, 0) is 4.74 Å². The van der Waals surface area contributed by atoms with Gasteiger partial charge in [0.1, 0.15) is 5.69 Å². The number of nitrogens with zero attached hydrogens (tertiary/aromatic N) is 1. The third kappa shape index (κ3) is 3.90. The first-order chi connectivity index (χ1) is 11.1. The molecule has 2 amide bonds. The number of urea groups is 1. The summed E-state index contributed by atoms with van der Waals surface area (Å²) in [6, 6.07) is 1.82. The Bertz CT molecular complexity index is 547. The van der Waals surface area contributed by atoms with Crippen LogP contribution in [0.3, 0.4) is 0 Å². The van der Waals surface area contributed by atoms with Crippen LogP contribution in [0.1, 0.15) is 25.7 Å². The molecule has 2 heterocycles. The highest BCUT2D eigenvalue weighted by Crippen LogP contribution is 2.29. The van der Waals surface area contributed by atoms with Gasteiger partial charge >= 0.3 is 6.03 Å². The van der Waals surface area contributed by atoms with E-state index >= 15 is 0 Å². The molecule has 1 aromatic rings. The van der Waals surface area contributed by atoms with Crippen LogP contribution in [0.25, 0.3) is 0 Å². The normalized spacial score (nSPS) is 20.8. The summed E-state index contributed by atoms with van der Waals surface area (Å²) in [5.74, 6) is -1.30. The van der Waals surface area contributed by atoms with E-state index in [-0.39, 0.29) is 17.5 Å². The highest BCUT2D eigenvalue weighted by atomic mass is 19.1. The zero-order valence-electron chi connectivity index (χ0n) is 12.9. The van der Waals surface area contributed by atoms with E-state index < -0.39 is 17.7 Å². The number of benzene rings is 1. The number of amides is 2. The van der Waals surface area contributed by atoms with Gasteiger partial charge < -0.3 is 20.3 Å². The molecule has 2 saturated heterocycles. The minimum Gasteiger partial charge on any atom is -0.376 e. The molecule has 126 valence electrons. The fourth-order valence-corrected chi connectivity index (χ4v) is 3.07. The predicted molar refractivity (Wildman–Crippen MR) is 83.8 cm³/mol. The fraction of sp³-hybridized carbons (Fsp3) is 0.562. The molecule has 0 bridgehead atoms. The third-order valence-electron chi connectivity index (χ3n) is 4.21. The maximum absolute atomic E-state index is 14.2. The minimum atomic E-state index is -0.652. The first-order valence-corrected chi connectivity index (χ1v) is 8.04. The molecule has 3 rings (SSSR count). The van der Waals surface area contributed by atoms with Crippen molar-refractivity contribution in [2.24, 2.45) is 0 Å². The Hall–Kier alpha value is -1.89. The monoisotopic (exact) mass is 325 g/mol. The van der Waals surface area contributed by atoms with Crippen LogP contribution in [0.2, 0.25) is 0 Å². The van der Waals surface area contributed by atoms with Gasteiger partial charge in [-0.15, -0.1) is 0 Å². The lowest BCUT2D eigenvalue weighted by molar-refractivity contribution is 0.112. The number of hydrogen-bond donors (Lipinski definition) is 2. The van der Waals surface area contributed by atoms with Gasteiger partial charge in [-0.25, -0.2) is 13.6 Å². The first-order valence-electron chi connectivity index (χ1n) is 8.04. The molecule has 2 aliphatic heterocycles. The van der Waals surface area contributed by atoms with E-state index in [2.05, 4.69) is 10.6 Å². The Morgan fingerprint density at radius 1 is 1.22 bits per heavy atom. The molecular formula is C16H21F2N3O2. The number of halogens is 2. The van der Waals surface area contributed by atoms with Gasteiger partial charge in [0.25, 0.3) is 0 Å². The molecule has 0 spiro atoms. The topological polar surface area (TPSA) is 53.6 Å². The smallest absolute Gasteiger partial charge is 0.319 e. The highest BCUT2D eigenvalue weighted by Gasteiger charge is 2.21. The SMILES string of the molecule is O=C(NC[C@@H]1CCCO1)Nc1cc(F)c(N2CCCC2)c(F)c1. The number of carbonyl (C=O) groups is 1. The molecule has 0 aromatic heterocycles. The molecule has 23 heavy (non-hydrogen) atoms. The molecule has 0 aliphatic carbocycles. The summed E-state index contributed by atoms with van der Waals surface area (Å²) in [5, 5.41) is 5.11. The molecule has 0 radical (unpaired) electrons. The maximum atomic E-state index is 14.2. The summed E-state index contributed by atoms with van der Waals surface area (Å²) >= 11 is 0. The van der Waals surface area contributed by atoms with Crippen molar-refractivity contribution in [2.45, 2.75) is 31.8 Å². The second kappa shape index (κ2) is 7.12. The van der Waals surface area contributed by atoms with Crippen LogP contribution in [0.15, 0.2) is 12.1 Å². The van der Waals surface area contributed by atoms with E-state index in [1.165, 1.54) is 0 Å². The standard InChI is InChI=1S/C16H21F2N3O2/c17-13-8-11(9-14(18)15(13)21-5-1-2-6-21)20-16(22)19-10-12-4-3-7-23-12/h8-9,12H,1-7,10H2,(H2,19,20,22)/t12-/m0/s1. The molecule has 1 aromatic carbocycles. The van der Waals surface area contributed by atoms with E-state index in [0.29, 0.717) is 26.2 Å². The van der Waals surface area contributed by atoms with Gasteiger partial charge in [0, 0.05) is 31.9 Å². The van der Waals surface area contributed by atoms with Crippen LogP contribution < -0.4 is 15.5 Å². The van der Waals surface area contributed by atoms with Crippen LogP contribution in [0.4, 0.5) is 25.0 Å². The quantitative estimate of drug-likeness (QED) is 0.895. The van der Waals surface area contributed by atoms with Gasteiger partial charge in [-0.3, -0.25) is 0 Å². The summed E-state index contributed by atoms with van der Waals surface area (Å²) in [4.78, 5) is 13.5. The summed E-state index contributed by atoms with van der Waals surface area (Å²) in [6.07, 6.45) is 3.79. The Kier molecular flexibility index (Phi) is 4.95. The summed E-state index contributed by atoms with van der Waals surface area (Å²) < 4.78 is 33.7. The molecule has 2 N–H and O–H groups in total. The molecule has 0 saturated carbocycles. The lowest BCUT2D eigenvalue weighted by Crippen LogP contribution is -2.35. The van der Waals surface area contributed by atoms with Crippen LogP contribution >= 0.6 is 0 Å². The average molecular weight is 325 g/mol. The first kappa shape index (κ1) is 16.0. The molecule has 1 atom stereocenters. The summed E-state index contributed by atoms with van der Waals surface area (Å²) in [5.41, 5.74) is 0.0978. The molecule has 2 fully saturated rings. The van der Waals surface area contributed by atoms with E-state index in [0.717, 1.165) is 37.8 Å². The fourth-order valence-electron chi connectivity index (χ4n) is 3.07. The summed E-state index contributed by atoms with van der Waals surface area (Å²) in [6.45, 7) is 2.41. The zero-order chi connectivity index (χ0) is 16.2. The Labute approximate surface area is 134 Å². The molecule has 0 unspecified atom stereocenters. The number of carbonyl (C=O) groups excluding carboxylic acids is 1. The number of ether oxygens (including phenoxy) is 1. The Morgan fingerprint density at radius 3 is 2.52 bits per heavy atom. The van der Waals surface area contributed by atoms with Crippen molar-refractivity contribution in [1.29, 1.82) is 0 Å². The van der Waals surface area contributed by atoms with Gasteiger partial charge in [0.05, 0.1) is 6.10 Å². The molecular weight excluding hydrogens is 304 g/mol. The van der Waals surface area contributed by atoms with E-state index in [4.69, 9.17) is 4.74 Å². The number of anilines is 2. The van der Waals surface area contributed by atoms with Gasteiger partial charge in [-0.2, -0.15) is 0 Å². The van der Waals surface area contributed by atoms with Crippen LogP contribution in [0, 0.1) is 11.6 Å². The predicted octanol–water partition coefficient (Wildman–Crippen LogP) is 2.87. The number of nitrogens with one attached hydrogen (secondary N) is 2. The molecule has 7 heteroatoms. The number of rotatable bonds is 4. The lowest BCUT2D eigenvalue weighted by Gasteiger charge is -2.20. The largest absolute Gasteiger partial charge is 0.376 e. The van der Waals surface area contributed by atoms with Crippen molar-refractivity contribution in [3.8, 4) is 0 Å². The summed E-state index contributed by atoms with van der Waals surface area (Å²) in [7, 11) is 0. The van der Waals surface area contributed by atoms with Crippen LogP contribution in [-0.4, -0.2) is 38.4 Å². The van der Waals surface area contributed by atoms with E-state index in [1.807, 2.05) is 0 Å². The van der Waals surface area contributed by atoms with Crippen molar-refractivity contribution < 1.29 is 18.3 Å². The highest BCUT2D eigenvalue weighted by molar-refractivity contribution is 5.89. The van der Waals surface area contributed by atoms with E-state index in [9.17, 15) is 13.6 Å². The van der Waals surface area contributed by atoms with Crippen molar-refractivity contribution in [1.82, 2.24) is 5.32 Å². The third-order valence-corrected chi connectivity index (χ3v) is 4.21. The maximum Gasteiger partial charge on any atom is 0.319 e. The second-order valence-electron chi connectivity index (χ2n) is 5.95. The average Bonchev–Trinajstić information content (AvgIpc) is 3.18. The Morgan fingerprint density at radius 2 is 1.91 bits per heavy atom. The number of hydrogen-bond acceptors (Lipinski definition) is 3.